The second kappa shape index (κ2) is 4.70. The van der Waals surface area contributed by atoms with Crippen molar-refractivity contribution in [1.29, 1.82) is 0 Å². The first kappa shape index (κ1) is 12.2. The molecule has 100 valence electrons. The fourth-order valence-corrected chi connectivity index (χ4v) is 2.30. The van der Waals surface area contributed by atoms with Crippen LogP contribution in [0, 0.1) is 6.92 Å². The second-order valence-corrected chi connectivity index (χ2v) is 4.60. The lowest BCUT2D eigenvalue weighted by molar-refractivity contribution is 0.318. The maximum atomic E-state index is 8.75. The molecule has 0 aliphatic carbocycles. The number of rotatable bonds is 2. The minimum Gasteiger partial charge on any atom is -0.409 e. The molecular formula is C15H14N4O. The van der Waals surface area contributed by atoms with E-state index < -0.39 is 0 Å². The third kappa shape index (κ3) is 1.89. The number of nitrogens with zero attached hydrogens (tertiary/aromatic N) is 3. The highest BCUT2D eigenvalue weighted by molar-refractivity contribution is 5.98. The minimum absolute atomic E-state index is 0.111. The average molecular weight is 266 g/mol. The van der Waals surface area contributed by atoms with Crippen molar-refractivity contribution in [3.8, 4) is 5.69 Å². The lowest BCUT2D eigenvalue weighted by Gasteiger charge is -2.08. The van der Waals surface area contributed by atoms with Crippen LogP contribution in [0.15, 0.2) is 53.8 Å². The molecule has 5 nitrogen and oxygen atoms in total. The summed E-state index contributed by atoms with van der Waals surface area (Å²) in [6.45, 7) is 1.92. The van der Waals surface area contributed by atoms with Gasteiger partial charge in [0.25, 0.3) is 0 Å². The molecule has 5 heteroatoms. The van der Waals surface area contributed by atoms with Crippen molar-refractivity contribution in [3.63, 3.8) is 0 Å². The molecule has 0 bridgehead atoms. The smallest absolute Gasteiger partial charge is 0.170 e. The van der Waals surface area contributed by atoms with Crippen LogP contribution in [0.3, 0.4) is 0 Å². The Morgan fingerprint density at radius 3 is 2.80 bits per heavy atom. The molecule has 0 fully saturated rings. The van der Waals surface area contributed by atoms with Crippen molar-refractivity contribution in [2.45, 2.75) is 6.92 Å². The van der Waals surface area contributed by atoms with Crippen LogP contribution in [-0.4, -0.2) is 20.8 Å². The van der Waals surface area contributed by atoms with Gasteiger partial charge in [-0.2, -0.15) is 5.10 Å². The van der Waals surface area contributed by atoms with Crippen LogP contribution >= 0.6 is 0 Å². The van der Waals surface area contributed by atoms with Crippen molar-refractivity contribution < 1.29 is 5.21 Å². The van der Waals surface area contributed by atoms with E-state index in [0.29, 0.717) is 5.56 Å². The molecule has 2 aromatic carbocycles. The van der Waals surface area contributed by atoms with Gasteiger partial charge in [-0.25, -0.2) is 4.68 Å². The maximum Gasteiger partial charge on any atom is 0.170 e. The standard InChI is InChI=1S/C15H14N4O/c1-10-8-12(6-7-13(10)15(16)18-20)19-14-5-3-2-4-11(14)9-17-19/h2-9,20H,1H3,(H2,16,18). The summed E-state index contributed by atoms with van der Waals surface area (Å²) in [5.41, 5.74) is 9.26. The Morgan fingerprint density at radius 2 is 2.05 bits per heavy atom. The van der Waals surface area contributed by atoms with Crippen LogP contribution in [0.4, 0.5) is 0 Å². The Labute approximate surface area is 115 Å². The predicted octanol–water partition coefficient (Wildman–Crippen LogP) is 2.43. The van der Waals surface area contributed by atoms with Crippen molar-refractivity contribution in [1.82, 2.24) is 9.78 Å². The molecule has 1 heterocycles. The molecule has 0 aliphatic heterocycles. The Morgan fingerprint density at radius 1 is 1.25 bits per heavy atom. The predicted molar refractivity (Wildman–Crippen MR) is 78.3 cm³/mol. The molecule has 0 unspecified atom stereocenters. The fourth-order valence-electron chi connectivity index (χ4n) is 2.30. The summed E-state index contributed by atoms with van der Waals surface area (Å²) in [6.07, 6.45) is 1.84. The maximum absolute atomic E-state index is 8.75. The lowest BCUT2D eigenvalue weighted by Crippen LogP contribution is -2.14. The molecule has 3 rings (SSSR count). The molecule has 0 amide bonds. The first-order valence-electron chi connectivity index (χ1n) is 6.22. The van der Waals surface area contributed by atoms with Crippen molar-refractivity contribution in [2.24, 2.45) is 10.9 Å². The van der Waals surface area contributed by atoms with Crippen molar-refractivity contribution >= 4 is 16.7 Å². The van der Waals surface area contributed by atoms with Crippen LogP contribution in [-0.2, 0) is 0 Å². The van der Waals surface area contributed by atoms with Gasteiger partial charge in [-0.15, -0.1) is 0 Å². The monoisotopic (exact) mass is 266 g/mol. The van der Waals surface area contributed by atoms with E-state index in [2.05, 4.69) is 10.3 Å². The molecule has 0 atom stereocenters. The summed E-state index contributed by atoms with van der Waals surface area (Å²) in [6, 6.07) is 13.7. The van der Waals surface area contributed by atoms with Gasteiger partial charge in [0.05, 0.1) is 17.4 Å². The van der Waals surface area contributed by atoms with Gasteiger partial charge in [0, 0.05) is 10.9 Å². The number of aromatic nitrogens is 2. The zero-order chi connectivity index (χ0) is 14.1. The van der Waals surface area contributed by atoms with Crippen molar-refractivity contribution in [2.75, 3.05) is 0 Å². The number of para-hydroxylation sites is 1. The third-order valence-electron chi connectivity index (χ3n) is 3.32. The first-order chi connectivity index (χ1) is 9.70. The highest BCUT2D eigenvalue weighted by Crippen LogP contribution is 2.20. The van der Waals surface area contributed by atoms with Gasteiger partial charge >= 0.3 is 0 Å². The van der Waals surface area contributed by atoms with Crippen LogP contribution in [0.2, 0.25) is 0 Å². The summed E-state index contributed by atoms with van der Waals surface area (Å²) in [5, 5.41) is 17.3. The van der Waals surface area contributed by atoms with E-state index >= 15 is 0 Å². The number of hydrogen-bond acceptors (Lipinski definition) is 3. The molecular weight excluding hydrogens is 252 g/mol. The normalized spacial score (nSPS) is 11.9. The second-order valence-electron chi connectivity index (χ2n) is 4.60. The molecule has 20 heavy (non-hydrogen) atoms. The SMILES string of the molecule is Cc1cc(-n2ncc3ccccc32)ccc1/C(N)=N/O. The largest absolute Gasteiger partial charge is 0.409 e. The number of fused-ring (bicyclic) bond motifs is 1. The van der Waals surface area contributed by atoms with Gasteiger partial charge in [0.1, 0.15) is 0 Å². The number of hydrogen-bond donors (Lipinski definition) is 2. The molecule has 3 N–H and O–H groups in total. The van der Waals surface area contributed by atoms with Crippen LogP contribution in [0.25, 0.3) is 16.6 Å². The molecule has 0 radical (unpaired) electrons. The van der Waals surface area contributed by atoms with E-state index in [0.717, 1.165) is 22.2 Å². The van der Waals surface area contributed by atoms with Gasteiger partial charge in [0.15, 0.2) is 5.84 Å². The molecule has 1 aromatic heterocycles. The number of aryl methyl sites for hydroxylation is 1. The molecule has 3 aromatic rings. The Hall–Kier alpha value is -2.82. The van der Waals surface area contributed by atoms with E-state index in [-0.39, 0.29) is 5.84 Å². The van der Waals surface area contributed by atoms with Gasteiger partial charge in [-0.3, -0.25) is 0 Å². The first-order valence-corrected chi connectivity index (χ1v) is 6.22. The van der Waals surface area contributed by atoms with Crippen LogP contribution < -0.4 is 5.73 Å². The number of oxime groups is 1. The zero-order valence-electron chi connectivity index (χ0n) is 11.0. The average Bonchev–Trinajstić information content (AvgIpc) is 2.90. The number of benzene rings is 2. The molecule has 0 saturated heterocycles. The highest BCUT2D eigenvalue weighted by Gasteiger charge is 2.08. The molecule has 0 saturated carbocycles. The van der Waals surface area contributed by atoms with Gasteiger partial charge in [-0.1, -0.05) is 23.4 Å². The Kier molecular flexibility index (Phi) is 2.87. The third-order valence-corrected chi connectivity index (χ3v) is 3.32. The van der Waals surface area contributed by atoms with Gasteiger partial charge < -0.3 is 10.9 Å². The molecule has 0 spiro atoms. The molecule has 0 aliphatic rings. The summed E-state index contributed by atoms with van der Waals surface area (Å²) in [7, 11) is 0. The van der Waals surface area contributed by atoms with E-state index in [1.54, 1.807) is 0 Å². The van der Waals surface area contributed by atoms with Crippen LogP contribution in [0.5, 0.6) is 0 Å². The zero-order valence-corrected chi connectivity index (χ0v) is 11.0. The van der Waals surface area contributed by atoms with E-state index in [9.17, 15) is 0 Å². The van der Waals surface area contributed by atoms with E-state index in [1.165, 1.54) is 0 Å². The van der Waals surface area contributed by atoms with Gasteiger partial charge in [0.2, 0.25) is 0 Å². The Balaban J connectivity index is 2.14. The quantitative estimate of drug-likeness (QED) is 0.324. The summed E-state index contributed by atoms with van der Waals surface area (Å²) in [4.78, 5) is 0. The summed E-state index contributed by atoms with van der Waals surface area (Å²) < 4.78 is 1.87. The van der Waals surface area contributed by atoms with Gasteiger partial charge in [-0.05, 0) is 36.8 Å². The summed E-state index contributed by atoms with van der Waals surface area (Å²) >= 11 is 0. The Bertz CT molecular complexity index is 804. The summed E-state index contributed by atoms with van der Waals surface area (Å²) in [5.74, 6) is 0.111. The van der Waals surface area contributed by atoms with E-state index in [1.807, 2.05) is 60.3 Å². The minimum atomic E-state index is 0.111. The van der Waals surface area contributed by atoms with Crippen molar-refractivity contribution in [3.05, 3.63) is 59.8 Å². The number of nitrogens with two attached hydrogens (primary N) is 1. The topological polar surface area (TPSA) is 76.4 Å². The lowest BCUT2D eigenvalue weighted by atomic mass is 10.1. The fraction of sp³-hybridized carbons (Fsp3) is 0.0667. The van der Waals surface area contributed by atoms with Crippen LogP contribution in [0.1, 0.15) is 11.1 Å². The highest BCUT2D eigenvalue weighted by atomic mass is 16.4. The van der Waals surface area contributed by atoms with E-state index in [4.69, 9.17) is 10.9 Å². The number of amidine groups is 1.